The highest BCUT2D eigenvalue weighted by atomic mass is 32.1. The summed E-state index contributed by atoms with van der Waals surface area (Å²) in [6.07, 6.45) is 4.44. The van der Waals surface area contributed by atoms with Gasteiger partial charge in [-0.2, -0.15) is 0 Å². The number of nitrogens with zero attached hydrogens (tertiary/aromatic N) is 3. The number of hydrogen-bond acceptors (Lipinski definition) is 6. The minimum absolute atomic E-state index is 0.0382. The van der Waals surface area contributed by atoms with Gasteiger partial charge in [-0.25, -0.2) is 9.78 Å². The standard InChI is InChI=1S/C22H19N3O3S/c1-13-6-7-18-16(10-13)20(15-4-2-3-5-17(15)24-18)21(27)28-12-14-11-19(26)25-8-9-29-22(25)23-14/h2-5,8-9,11,13H,6-7,10,12H2,1H3. The predicted octanol–water partition coefficient (Wildman–Crippen LogP) is 3.79. The summed E-state index contributed by atoms with van der Waals surface area (Å²) in [4.78, 5) is 35.1. The molecule has 3 aromatic heterocycles. The van der Waals surface area contributed by atoms with Gasteiger partial charge in [0.2, 0.25) is 0 Å². The number of para-hydroxylation sites is 1. The number of ether oxygens (including phenoxy) is 1. The maximum Gasteiger partial charge on any atom is 0.339 e. The monoisotopic (exact) mass is 405 g/mol. The van der Waals surface area contributed by atoms with Crippen LogP contribution in [0.15, 0.2) is 46.7 Å². The molecule has 4 aromatic rings. The zero-order valence-electron chi connectivity index (χ0n) is 15.9. The highest BCUT2D eigenvalue weighted by Crippen LogP contribution is 2.32. The molecule has 0 radical (unpaired) electrons. The Morgan fingerprint density at radius 3 is 3.07 bits per heavy atom. The number of aryl methyl sites for hydroxylation is 1. The van der Waals surface area contributed by atoms with Crippen LogP contribution < -0.4 is 5.56 Å². The Kier molecular flexibility index (Phi) is 4.39. The first kappa shape index (κ1) is 18.0. The van der Waals surface area contributed by atoms with Crippen molar-refractivity contribution < 1.29 is 9.53 Å². The molecule has 29 heavy (non-hydrogen) atoms. The van der Waals surface area contributed by atoms with Crippen molar-refractivity contribution in [1.82, 2.24) is 14.4 Å². The smallest absolute Gasteiger partial charge is 0.339 e. The van der Waals surface area contributed by atoms with Gasteiger partial charge in [0.25, 0.3) is 5.56 Å². The van der Waals surface area contributed by atoms with Gasteiger partial charge in [-0.15, -0.1) is 11.3 Å². The lowest BCUT2D eigenvalue weighted by atomic mass is 9.84. The summed E-state index contributed by atoms with van der Waals surface area (Å²) in [6, 6.07) is 9.09. The molecule has 1 atom stereocenters. The summed E-state index contributed by atoms with van der Waals surface area (Å²) in [5, 5.41) is 2.61. The number of carbonyl (C=O) groups is 1. The van der Waals surface area contributed by atoms with Gasteiger partial charge in [-0.05, 0) is 36.8 Å². The Morgan fingerprint density at radius 2 is 2.17 bits per heavy atom. The molecule has 3 heterocycles. The van der Waals surface area contributed by atoms with Gasteiger partial charge < -0.3 is 4.74 Å². The molecular formula is C22H19N3O3S. The van der Waals surface area contributed by atoms with E-state index >= 15 is 0 Å². The highest BCUT2D eigenvalue weighted by molar-refractivity contribution is 7.15. The summed E-state index contributed by atoms with van der Waals surface area (Å²) in [5.74, 6) is 0.113. The van der Waals surface area contributed by atoms with E-state index in [1.54, 1.807) is 11.6 Å². The van der Waals surface area contributed by atoms with Crippen molar-refractivity contribution in [3.63, 3.8) is 0 Å². The third kappa shape index (κ3) is 3.21. The number of thiazole rings is 1. The molecule has 6 nitrogen and oxygen atoms in total. The Morgan fingerprint density at radius 1 is 1.31 bits per heavy atom. The Bertz CT molecular complexity index is 1310. The van der Waals surface area contributed by atoms with E-state index < -0.39 is 0 Å². The van der Waals surface area contributed by atoms with Gasteiger partial charge in [-0.3, -0.25) is 14.2 Å². The summed E-state index contributed by atoms with van der Waals surface area (Å²) < 4.78 is 7.11. The number of benzene rings is 1. The van der Waals surface area contributed by atoms with Crippen LogP contribution in [0.4, 0.5) is 0 Å². The zero-order chi connectivity index (χ0) is 20.0. The average molecular weight is 405 g/mol. The molecule has 0 saturated carbocycles. The molecule has 0 aliphatic heterocycles. The largest absolute Gasteiger partial charge is 0.456 e. The molecular weight excluding hydrogens is 386 g/mol. The Hall–Kier alpha value is -3.06. The third-order valence-electron chi connectivity index (χ3n) is 5.42. The maximum atomic E-state index is 13.2. The van der Waals surface area contributed by atoms with E-state index in [4.69, 9.17) is 9.72 Å². The van der Waals surface area contributed by atoms with Crippen molar-refractivity contribution >= 4 is 33.2 Å². The van der Waals surface area contributed by atoms with Crippen molar-refractivity contribution in [3.05, 3.63) is 74.8 Å². The molecule has 0 saturated heterocycles. The second kappa shape index (κ2) is 7.08. The topological polar surface area (TPSA) is 73.6 Å². The van der Waals surface area contributed by atoms with Crippen LogP contribution in [0, 0.1) is 5.92 Å². The summed E-state index contributed by atoms with van der Waals surface area (Å²) >= 11 is 1.37. The van der Waals surface area contributed by atoms with Gasteiger partial charge in [0.05, 0.1) is 16.8 Å². The van der Waals surface area contributed by atoms with Crippen molar-refractivity contribution in [2.45, 2.75) is 32.8 Å². The average Bonchev–Trinajstić information content (AvgIpc) is 3.19. The second-order valence-electron chi connectivity index (χ2n) is 7.49. The molecule has 0 bridgehead atoms. The second-order valence-corrected chi connectivity index (χ2v) is 8.37. The lowest BCUT2D eigenvalue weighted by Gasteiger charge is -2.24. The van der Waals surface area contributed by atoms with E-state index in [1.807, 2.05) is 24.3 Å². The lowest BCUT2D eigenvalue weighted by Crippen LogP contribution is -2.20. The van der Waals surface area contributed by atoms with Gasteiger partial charge in [0.15, 0.2) is 4.96 Å². The Labute approximate surface area is 170 Å². The van der Waals surface area contributed by atoms with E-state index in [0.29, 0.717) is 22.1 Å². The first-order valence-electron chi connectivity index (χ1n) is 9.63. The lowest BCUT2D eigenvalue weighted by molar-refractivity contribution is 0.0468. The van der Waals surface area contributed by atoms with Crippen molar-refractivity contribution in [2.75, 3.05) is 0 Å². The van der Waals surface area contributed by atoms with Crippen LogP contribution in [0.2, 0.25) is 0 Å². The first-order chi connectivity index (χ1) is 14.1. The molecule has 1 aliphatic rings. The van der Waals surface area contributed by atoms with Crippen LogP contribution in [0.3, 0.4) is 0 Å². The number of carbonyl (C=O) groups excluding carboxylic acids is 1. The van der Waals surface area contributed by atoms with Crippen molar-refractivity contribution in [3.8, 4) is 0 Å². The summed E-state index contributed by atoms with van der Waals surface area (Å²) in [7, 11) is 0. The number of esters is 1. The minimum Gasteiger partial charge on any atom is -0.456 e. The number of hydrogen-bond donors (Lipinski definition) is 0. The number of pyridine rings is 1. The van der Waals surface area contributed by atoms with E-state index in [0.717, 1.165) is 41.4 Å². The fourth-order valence-corrected chi connectivity index (χ4v) is 4.71. The molecule has 146 valence electrons. The van der Waals surface area contributed by atoms with Gasteiger partial charge >= 0.3 is 5.97 Å². The van der Waals surface area contributed by atoms with Crippen LogP contribution in [-0.2, 0) is 24.2 Å². The van der Waals surface area contributed by atoms with Crippen LogP contribution in [0.5, 0.6) is 0 Å². The number of fused-ring (bicyclic) bond motifs is 3. The van der Waals surface area contributed by atoms with E-state index in [1.165, 1.54) is 21.8 Å². The molecule has 0 spiro atoms. The summed E-state index contributed by atoms with van der Waals surface area (Å²) in [6.45, 7) is 2.16. The molecule has 0 fully saturated rings. The zero-order valence-corrected chi connectivity index (χ0v) is 16.7. The SMILES string of the molecule is CC1CCc2nc3ccccc3c(C(=O)OCc3cc(=O)n4ccsc4n3)c2C1. The number of aromatic nitrogens is 3. The summed E-state index contributed by atoms with van der Waals surface area (Å²) in [5.41, 5.74) is 3.67. The maximum absolute atomic E-state index is 13.2. The molecule has 0 N–H and O–H groups in total. The molecule has 1 aromatic carbocycles. The number of rotatable bonds is 3. The van der Waals surface area contributed by atoms with Crippen LogP contribution in [0.1, 0.15) is 40.7 Å². The minimum atomic E-state index is -0.387. The fraction of sp³-hybridized carbons (Fsp3) is 0.273. The van der Waals surface area contributed by atoms with Gasteiger partial charge in [0, 0.05) is 28.7 Å². The van der Waals surface area contributed by atoms with Crippen molar-refractivity contribution in [1.29, 1.82) is 0 Å². The fourth-order valence-electron chi connectivity index (χ4n) is 3.97. The van der Waals surface area contributed by atoms with Crippen LogP contribution in [-0.4, -0.2) is 20.3 Å². The van der Waals surface area contributed by atoms with E-state index in [9.17, 15) is 9.59 Å². The van der Waals surface area contributed by atoms with Crippen LogP contribution >= 0.6 is 11.3 Å². The molecule has 5 rings (SSSR count). The normalized spacial score (nSPS) is 16.1. The third-order valence-corrected chi connectivity index (χ3v) is 6.17. The molecule has 1 aliphatic carbocycles. The van der Waals surface area contributed by atoms with E-state index in [2.05, 4.69) is 11.9 Å². The van der Waals surface area contributed by atoms with Crippen LogP contribution in [0.25, 0.3) is 15.9 Å². The van der Waals surface area contributed by atoms with Crippen molar-refractivity contribution in [2.24, 2.45) is 5.92 Å². The Balaban J connectivity index is 1.51. The van der Waals surface area contributed by atoms with E-state index in [-0.39, 0.29) is 18.1 Å². The molecule has 0 amide bonds. The highest BCUT2D eigenvalue weighted by Gasteiger charge is 2.26. The quantitative estimate of drug-likeness (QED) is 0.485. The molecule has 7 heteroatoms. The van der Waals surface area contributed by atoms with Gasteiger partial charge in [0.1, 0.15) is 6.61 Å². The molecule has 1 unspecified atom stereocenters. The van der Waals surface area contributed by atoms with Gasteiger partial charge in [-0.1, -0.05) is 25.1 Å². The first-order valence-corrected chi connectivity index (χ1v) is 10.5. The predicted molar refractivity (Wildman–Crippen MR) is 111 cm³/mol.